The van der Waals surface area contributed by atoms with Gasteiger partial charge in [0.25, 0.3) is 0 Å². The lowest BCUT2D eigenvalue weighted by molar-refractivity contribution is 0.412. The van der Waals surface area contributed by atoms with Crippen molar-refractivity contribution in [1.29, 1.82) is 0 Å². The first-order valence-corrected chi connectivity index (χ1v) is 9.09. The Kier molecular flexibility index (Phi) is 4.12. The van der Waals surface area contributed by atoms with Gasteiger partial charge in [0.1, 0.15) is 11.3 Å². The molecule has 0 unspecified atom stereocenters. The molecule has 2 aromatic carbocycles. The van der Waals surface area contributed by atoms with Gasteiger partial charge in [-0.1, -0.05) is 36.0 Å². The van der Waals surface area contributed by atoms with Crippen LogP contribution >= 0.6 is 27.7 Å². The van der Waals surface area contributed by atoms with Crippen molar-refractivity contribution < 1.29 is 4.74 Å². The van der Waals surface area contributed by atoms with E-state index in [1.54, 1.807) is 18.9 Å². The van der Waals surface area contributed by atoms with Crippen LogP contribution in [0.4, 0.5) is 0 Å². The number of halogens is 1. The van der Waals surface area contributed by atoms with Crippen molar-refractivity contribution in [3.05, 3.63) is 52.5 Å². The molecule has 0 aliphatic heterocycles. The van der Waals surface area contributed by atoms with E-state index in [1.807, 2.05) is 42.5 Å². The van der Waals surface area contributed by atoms with E-state index >= 15 is 0 Å². The van der Waals surface area contributed by atoms with Gasteiger partial charge in [-0.25, -0.2) is 4.98 Å². The number of nitrogens with zero attached hydrogens (tertiary/aromatic N) is 3. The van der Waals surface area contributed by atoms with Gasteiger partial charge in [0.15, 0.2) is 5.65 Å². The van der Waals surface area contributed by atoms with Crippen molar-refractivity contribution in [2.24, 2.45) is 0 Å². The van der Waals surface area contributed by atoms with E-state index in [1.165, 1.54) is 0 Å². The number of rotatable bonds is 4. The summed E-state index contributed by atoms with van der Waals surface area (Å²) in [6, 6.07) is 14.0. The number of H-pyrrole nitrogens is 1. The molecule has 120 valence electrons. The van der Waals surface area contributed by atoms with E-state index in [2.05, 4.69) is 36.1 Å². The number of thioether (sulfide) groups is 1. The van der Waals surface area contributed by atoms with Crippen molar-refractivity contribution in [3.8, 4) is 5.75 Å². The quantitative estimate of drug-likeness (QED) is 0.508. The molecular formula is C17H13BrN4OS. The molecule has 0 aliphatic rings. The molecule has 0 aliphatic carbocycles. The van der Waals surface area contributed by atoms with Crippen LogP contribution < -0.4 is 4.74 Å². The average molecular weight is 401 g/mol. The molecule has 7 heteroatoms. The first kappa shape index (κ1) is 15.4. The molecule has 0 radical (unpaired) electrons. The number of fused-ring (bicyclic) bond motifs is 3. The van der Waals surface area contributed by atoms with Crippen LogP contribution in [0, 0.1) is 0 Å². The Morgan fingerprint density at radius 3 is 2.88 bits per heavy atom. The normalized spacial score (nSPS) is 11.2. The highest BCUT2D eigenvalue weighted by molar-refractivity contribution is 9.10. The van der Waals surface area contributed by atoms with Gasteiger partial charge in [-0.05, 0) is 39.7 Å². The maximum atomic E-state index is 5.25. The number of aromatic nitrogens is 4. The Morgan fingerprint density at radius 1 is 1.17 bits per heavy atom. The molecule has 0 spiro atoms. The van der Waals surface area contributed by atoms with Gasteiger partial charge < -0.3 is 9.72 Å². The average Bonchev–Trinajstić information content (AvgIpc) is 2.98. The number of nitrogens with one attached hydrogen (secondary N) is 1. The second kappa shape index (κ2) is 6.41. The summed E-state index contributed by atoms with van der Waals surface area (Å²) < 4.78 is 6.19. The summed E-state index contributed by atoms with van der Waals surface area (Å²) in [5.41, 5.74) is 3.76. The molecule has 0 saturated carbocycles. The predicted octanol–water partition coefficient (Wildman–Crippen LogP) is 4.57. The van der Waals surface area contributed by atoms with Crippen LogP contribution in [-0.2, 0) is 5.75 Å². The van der Waals surface area contributed by atoms with E-state index in [9.17, 15) is 0 Å². The second-order valence-corrected chi connectivity index (χ2v) is 7.02. The molecule has 4 aromatic rings. The summed E-state index contributed by atoms with van der Waals surface area (Å²) in [7, 11) is 1.66. The van der Waals surface area contributed by atoms with Crippen LogP contribution in [-0.4, -0.2) is 27.3 Å². The summed E-state index contributed by atoms with van der Waals surface area (Å²) in [5.74, 6) is 1.58. The minimum Gasteiger partial charge on any atom is -0.496 e. The molecule has 2 heterocycles. The largest absolute Gasteiger partial charge is 0.496 e. The Balaban J connectivity index is 1.58. The van der Waals surface area contributed by atoms with E-state index in [-0.39, 0.29) is 0 Å². The Labute approximate surface area is 151 Å². The van der Waals surface area contributed by atoms with Gasteiger partial charge in [0.2, 0.25) is 5.16 Å². The number of methoxy groups -OCH3 is 1. The highest BCUT2D eigenvalue weighted by Crippen LogP contribution is 2.29. The van der Waals surface area contributed by atoms with Crippen molar-refractivity contribution in [1.82, 2.24) is 20.2 Å². The highest BCUT2D eigenvalue weighted by Gasteiger charge is 2.09. The van der Waals surface area contributed by atoms with Crippen LogP contribution in [0.1, 0.15) is 5.56 Å². The molecule has 2 aromatic heterocycles. The Hall–Kier alpha value is -2.12. The molecule has 24 heavy (non-hydrogen) atoms. The topological polar surface area (TPSA) is 63.7 Å². The molecule has 0 atom stereocenters. The predicted molar refractivity (Wildman–Crippen MR) is 99.4 cm³/mol. The smallest absolute Gasteiger partial charge is 0.211 e. The summed E-state index contributed by atoms with van der Waals surface area (Å²) >= 11 is 5.06. The molecule has 1 N–H and O–H groups in total. The number of para-hydroxylation sites is 1. The second-order valence-electron chi connectivity index (χ2n) is 5.22. The summed E-state index contributed by atoms with van der Waals surface area (Å²) in [4.78, 5) is 7.87. The summed E-state index contributed by atoms with van der Waals surface area (Å²) in [6.07, 6.45) is 0. The highest BCUT2D eigenvalue weighted by atomic mass is 79.9. The fourth-order valence-corrected chi connectivity index (χ4v) is 3.83. The lowest BCUT2D eigenvalue weighted by Gasteiger charge is -2.05. The van der Waals surface area contributed by atoms with Gasteiger partial charge in [-0.2, -0.15) is 0 Å². The number of benzene rings is 2. The first-order chi connectivity index (χ1) is 11.7. The van der Waals surface area contributed by atoms with E-state index in [0.29, 0.717) is 5.16 Å². The van der Waals surface area contributed by atoms with Gasteiger partial charge in [0, 0.05) is 16.7 Å². The summed E-state index contributed by atoms with van der Waals surface area (Å²) in [5, 5.41) is 10.3. The standard InChI is InChI=1S/C17H13BrN4OS/c1-23-14-7-6-10(8-12(14)18)9-24-17-20-16-15(21-22-17)11-4-2-3-5-13(11)19-16/h2-8H,9H2,1H3,(H,19,20,22). The van der Waals surface area contributed by atoms with E-state index < -0.39 is 0 Å². The van der Waals surface area contributed by atoms with Crippen molar-refractivity contribution >= 4 is 49.8 Å². The van der Waals surface area contributed by atoms with Crippen LogP contribution in [0.3, 0.4) is 0 Å². The first-order valence-electron chi connectivity index (χ1n) is 7.31. The minimum atomic E-state index is 0.654. The minimum absolute atomic E-state index is 0.654. The van der Waals surface area contributed by atoms with Crippen LogP contribution in [0.5, 0.6) is 5.75 Å². The molecule has 0 amide bonds. The lowest BCUT2D eigenvalue weighted by atomic mass is 10.2. The fourth-order valence-electron chi connectivity index (χ4n) is 2.51. The van der Waals surface area contributed by atoms with Crippen LogP contribution in [0.25, 0.3) is 22.1 Å². The van der Waals surface area contributed by atoms with Gasteiger partial charge in [0.05, 0.1) is 11.6 Å². The molecular weight excluding hydrogens is 388 g/mol. The Morgan fingerprint density at radius 2 is 2.04 bits per heavy atom. The lowest BCUT2D eigenvalue weighted by Crippen LogP contribution is -1.92. The fraction of sp³-hybridized carbons (Fsp3) is 0.118. The Bertz CT molecular complexity index is 1030. The van der Waals surface area contributed by atoms with Crippen molar-refractivity contribution in [2.75, 3.05) is 7.11 Å². The third kappa shape index (κ3) is 2.85. The van der Waals surface area contributed by atoms with Gasteiger partial charge >= 0.3 is 0 Å². The van der Waals surface area contributed by atoms with E-state index in [4.69, 9.17) is 4.74 Å². The SMILES string of the molecule is COc1ccc(CSc2nnc3c(n2)[nH]c2ccccc23)cc1Br. The number of hydrogen-bond donors (Lipinski definition) is 1. The number of ether oxygens (including phenoxy) is 1. The van der Waals surface area contributed by atoms with Gasteiger partial charge in [-0.3, -0.25) is 0 Å². The summed E-state index contributed by atoms with van der Waals surface area (Å²) in [6.45, 7) is 0. The third-order valence-electron chi connectivity index (χ3n) is 3.69. The number of hydrogen-bond acceptors (Lipinski definition) is 5. The molecule has 0 bridgehead atoms. The van der Waals surface area contributed by atoms with Crippen molar-refractivity contribution in [2.45, 2.75) is 10.9 Å². The molecule has 5 nitrogen and oxygen atoms in total. The van der Waals surface area contributed by atoms with Gasteiger partial charge in [-0.15, -0.1) is 10.2 Å². The maximum Gasteiger partial charge on any atom is 0.211 e. The third-order valence-corrected chi connectivity index (χ3v) is 5.22. The zero-order valence-corrected chi connectivity index (χ0v) is 15.2. The zero-order valence-electron chi connectivity index (χ0n) is 12.8. The number of aromatic amines is 1. The monoisotopic (exact) mass is 400 g/mol. The molecule has 0 fully saturated rings. The van der Waals surface area contributed by atoms with Crippen LogP contribution in [0.2, 0.25) is 0 Å². The maximum absolute atomic E-state index is 5.25. The molecule has 0 saturated heterocycles. The van der Waals surface area contributed by atoms with Crippen molar-refractivity contribution in [3.63, 3.8) is 0 Å². The van der Waals surface area contributed by atoms with Crippen LogP contribution in [0.15, 0.2) is 52.1 Å². The molecule has 4 rings (SSSR count). The zero-order chi connectivity index (χ0) is 16.5. The van der Waals surface area contributed by atoms with E-state index in [0.717, 1.165) is 43.6 Å².